The van der Waals surface area contributed by atoms with Crippen molar-refractivity contribution in [1.82, 2.24) is 4.98 Å². The number of nitrogens with zero attached hydrogens (tertiary/aromatic N) is 2. The Kier molecular flexibility index (Phi) is 4.33. The number of pyridine rings is 1. The van der Waals surface area contributed by atoms with Gasteiger partial charge in [0.05, 0.1) is 16.6 Å². The topological polar surface area (TPSA) is 68.5 Å². The summed E-state index contributed by atoms with van der Waals surface area (Å²) in [6, 6.07) is 8.64. The molecule has 1 aliphatic heterocycles. The molecule has 2 heterocycles. The minimum absolute atomic E-state index is 0.149. The molecule has 2 aromatic rings. The van der Waals surface area contributed by atoms with E-state index in [0.29, 0.717) is 40.4 Å². The first-order valence-electron chi connectivity index (χ1n) is 7.18. The number of benzene rings is 1. The van der Waals surface area contributed by atoms with E-state index in [2.05, 4.69) is 4.98 Å². The van der Waals surface area contributed by atoms with Gasteiger partial charge in [-0.05, 0) is 36.2 Å². The summed E-state index contributed by atoms with van der Waals surface area (Å²) < 4.78 is 5.70. The molecule has 7 heteroatoms. The minimum atomic E-state index is -0.532. The molecular weight excluding hydrogens is 337 g/mol. The number of nitrogen functional groups attached to an aromatic ring is 1. The van der Waals surface area contributed by atoms with E-state index >= 15 is 0 Å². The molecule has 0 radical (unpaired) electrons. The lowest BCUT2D eigenvalue weighted by molar-refractivity contribution is -0.126. The summed E-state index contributed by atoms with van der Waals surface area (Å²) in [5.41, 5.74) is 6.60. The number of hydrogen-bond donors (Lipinski definition) is 1. The molecule has 0 aliphatic carbocycles. The quantitative estimate of drug-likeness (QED) is 0.915. The highest BCUT2D eigenvalue weighted by Gasteiger charge is 2.34. The number of fused-ring (bicyclic) bond motifs is 1. The zero-order valence-electron chi connectivity index (χ0n) is 12.4. The molecule has 1 aliphatic rings. The summed E-state index contributed by atoms with van der Waals surface area (Å²) in [5.74, 6) is 1.15. The Labute approximate surface area is 144 Å². The Morgan fingerprint density at radius 1 is 1.26 bits per heavy atom. The number of carbonyl (C=O) groups is 1. The van der Waals surface area contributed by atoms with Crippen LogP contribution < -0.4 is 15.4 Å². The van der Waals surface area contributed by atoms with Gasteiger partial charge in [0.1, 0.15) is 5.82 Å². The van der Waals surface area contributed by atoms with Crippen molar-refractivity contribution in [2.75, 3.05) is 10.6 Å². The van der Waals surface area contributed by atoms with Crippen molar-refractivity contribution in [3.05, 3.63) is 45.9 Å². The van der Waals surface area contributed by atoms with Crippen molar-refractivity contribution in [3.8, 4) is 5.75 Å². The molecule has 0 spiro atoms. The number of nitrogens with two attached hydrogens (primary N) is 1. The van der Waals surface area contributed by atoms with Crippen LogP contribution in [0.2, 0.25) is 10.0 Å². The second-order valence-electron chi connectivity index (χ2n) is 5.25. The summed E-state index contributed by atoms with van der Waals surface area (Å²) in [7, 11) is 0. The number of hydrogen-bond acceptors (Lipinski definition) is 4. The largest absolute Gasteiger partial charge is 0.477 e. The van der Waals surface area contributed by atoms with Crippen molar-refractivity contribution in [3.63, 3.8) is 0 Å². The third kappa shape index (κ3) is 3.07. The van der Waals surface area contributed by atoms with Gasteiger partial charge in [-0.1, -0.05) is 36.2 Å². The second-order valence-corrected chi connectivity index (χ2v) is 6.06. The van der Waals surface area contributed by atoms with Crippen LogP contribution in [0.4, 0.5) is 11.6 Å². The number of anilines is 2. The van der Waals surface area contributed by atoms with E-state index < -0.39 is 6.10 Å². The van der Waals surface area contributed by atoms with Crippen molar-refractivity contribution >= 4 is 40.7 Å². The Balaban J connectivity index is 2.00. The van der Waals surface area contributed by atoms with Gasteiger partial charge in [-0.15, -0.1) is 0 Å². The zero-order valence-corrected chi connectivity index (χ0v) is 13.9. The van der Waals surface area contributed by atoms with Crippen LogP contribution in [0.25, 0.3) is 0 Å². The van der Waals surface area contributed by atoms with Crippen molar-refractivity contribution in [1.29, 1.82) is 0 Å². The molecule has 1 aromatic heterocycles. The van der Waals surface area contributed by atoms with Gasteiger partial charge in [0.15, 0.2) is 17.7 Å². The first kappa shape index (κ1) is 15.9. The van der Waals surface area contributed by atoms with Crippen LogP contribution in [0, 0.1) is 0 Å². The van der Waals surface area contributed by atoms with Crippen molar-refractivity contribution < 1.29 is 9.53 Å². The maximum absolute atomic E-state index is 12.6. The van der Waals surface area contributed by atoms with E-state index in [4.69, 9.17) is 33.7 Å². The average molecular weight is 352 g/mol. The predicted octanol–water partition coefficient (Wildman–Crippen LogP) is 3.67. The van der Waals surface area contributed by atoms with E-state index in [-0.39, 0.29) is 5.91 Å². The van der Waals surface area contributed by atoms with Crippen molar-refractivity contribution in [2.24, 2.45) is 0 Å². The van der Waals surface area contributed by atoms with Crippen LogP contribution in [-0.2, 0) is 11.3 Å². The molecule has 2 N–H and O–H groups in total. The summed E-state index contributed by atoms with van der Waals surface area (Å²) in [5, 5.41) is 0.913. The molecule has 3 rings (SSSR count). The summed E-state index contributed by atoms with van der Waals surface area (Å²) in [6.07, 6.45) is 0.0382. The monoisotopic (exact) mass is 351 g/mol. The van der Waals surface area contributed by atoms with Crippen LogP contribution in [0.5, 0.6) is 5.75 Å². The van der Waals surface area contributed by atoms with Gasteiger partial charge in [-0.25, -0.2) is 4.98 Å². The number of ether oxygens (including phenoxy) is 1. The molecule has 1 unspecified atom stereocenters. The van der Waals surface area contributed by atoms with E-state index in [0.717, 1.165) is 5.56 Å². The highest BCUT2D eigenvalue weighted by atomic mass is 35.5. The predicted molar refractivity (Wildman–Crippen MR) is 91.0 cm³/mol. The molecule has 23 heavy (non-hydrogen) atoms. The van der Waals surface area contributed by atoms with Gasteiger partial charge in [-0.2, -0.15) is 0 Å². The molecular formula is C16H15Cl2N3O2. The lowest BCUT2D eigenvalue weighted by atomic mass is 10.1. The molecule has 0 fully saturated rings. The number of amides is 1. The van der Waals surface area contributed by atoms with E-state index in [9.17, 15) is 4.79 Å². The van der Waals surface area contributed by atoms with Crippen molar-refractivity contribution in [2.45, 2.75) is 26.0 Å². The first-order chi connectivity index (χ1) is 11.0. The van der Waals surface area contributed by atoms with E-state index in [1.165, 1.54) is 0 Å². The summed E-state index contributed by atoms with van der Waals surface area (Å²) >= 11 is 12.0. The van der Waals surface area contributed by atoms with Gasteiger partial charge in [-0.3, -0.25) is 9.69 Å². The van der Waals surface area contributed by atoms with Crippen LogP contribution in [0.1, 0.15) is 18.9 Å². The molecule has 0 bridgehead atoms. The molecule has 5 nitrogen and oxygen atoms in total. The molecule has 0 saturated heterocycles. The third-order valence-electron chi connectivity index (χ3n) is 3.62. The zero-order chi connectivity index (χ0) is 16.6. The Morgan fingerprint density at radius 3 is 2.74 bits per heavy atom. The van der Waals surface area contributed by atoms with Gasteiger partial charge >= 0.3 is 0 Å². The maximum Gasteiger partial charge on any atom is 0.269 e. The lowest BCUT2D eigenvalue weighted by Crippen LogP contribution is -2.45. The maximum atomic E-state index is 12.6. The Bertz CT molecular complexity index is 767. The number of halogens is 2. The van der Waals surface area contributed by atoms with Crippen LogP contribution in [-0.4, -0.2) is 17.0 Å². The fourth-order valence-electron chi connectivity index (χ4n) is 2.45. The lowest BCUT2D eigenvalue weighted by Gasteiger charge is -2.33. The Hall–Kier alpha value is -1.98. The minimum Gasteiger partial charge on any atom is -0.477 e. The Morgan fingerprint density at radius 2 is 2.04 bits per heavy atom. The SMILES string of the molecule is CCC1Oc2ccc(N)nc2N(Cc2ccc(Cl)c(Cl)c2)C1=O. The van der Waals surface area contributed by atoms with Gasteiger partial charge < -0.3 is 10.5 Å². The van der Waals surface area contributed by atoms with E-state index in [1.807, 2.05) is 13.0 Å². The fourth-order valence-corrected chi connectivity index (χ4v) is 2.77. The second kappa shape index (κ2) is 6.26. The molecule has 1 amide bonds. The van der Waals surface area contributed by atoms with Gasteiger partial charge in [0, 0.05) is 0 Å². The number of carbonyl (C=O) groups excluding carboxylic acids is 1. The summed E-state index contributed by atoms with van der Waals surface area (Å²) in [6.45, 7) is 2.22. The first-order valence-corrected chi connectivity index (χ1v) is 7.93. The normalized spacial score (nSPS) is 16.9. The molecule has 120 valence electrons. The van der Waals surface area contributed by atoms with E-state index in [1.54, 1.807) is 29.2 Å². The number of aromatic nitrogens is 1. The van der Waals surface area contributed by atoms with Gasteiger partial charge in [0.25, 0.3) is 5.91 Å². The summed E-state index contributed by atoms with van der Waals surface area (Å²) in [4.78, 5) is 18.5. The van der Waals surface area contributed by atoms with Crippen LogP contribution in [0.15, 0.2) is 30.3 Å². The highest BCUT2D eigenvalue weighted by Crippen LogP contribution is 2.35. The number of rotatable bonds is 3. The molecule has 0 saturated carbocycles. The average Bonchev–Trinajstić information content (AvgIpc) is 2.53. The smallest absolute Gasteiger partial charge is 0.269 e. The highest BCUT2D eigenvalue weighted by molar-refractivity contribution is 6.42. The molecule has 1 aromatic carbocycles. The standard InChI is InChI=1S/C16H15Cl2N3O2/c1-2-12-16(22)21(8-9-3-4-10(17)11(18)7-9)15-13(23-12)5-6-14(19)20-15/h3-7,12H,2,8H2,1H3,(H2,19,20). The van der Waals surface area contributed by atoms with Crippen LogP contribution >= 0.6 is 23.2 Å². The van der Waals surface area contributed by atoms with Crippen LogP contribution in [0.3, 0.4) is 0 Å². The molecule has 1 atom stereocenters. The van der Waals surface area contributed by atoms with Gasteiger partial charge in [0.2, 0.25) is 0 Å². The fraction of sp³-hybridized carbons (Fsp3) is 0.250. The third-order valence-corrected chi connectivity index (χ3v) is 4.36.